The van der Waals surface area contributed by atoms with E-state index < -0.39 is 0 Å². The summed E-state index contributed by atoms with van der Waals surface area (Å²) in [4.78, 5) is 2.41. The Kier molecular flexibility index (Phi) is 7.50. The van der Waals surface area contributed by atoms with Gasteiger partial charge in [-0.05, 0) is 50.2 Å². The first kappa shape index (κ1) is 16.3. The first-order valence-corrected chi connectivity index (χ1v) is 7.14. The van der Waals surface area contributed by atoms with Gasteiger partial charge in [0, 0.05) is 12.1 Å². The molecule has 0 aliphatic rings. The molecule has 0 saturated heterocycles. The molecule has 1 aromatic rings. The topological polar surface area (TPSA) is 71.1 Å². The first-order chi connectivity index (χ1) is 9.71. The zero-order valence-electron chi connectivity index (χ0n) is 12.4. The zero-order chi connectivity index (χ0) is 14.8. The summed E-state index contributed by atoms with van der Waals surface area (Å²) in [5, 5.41) is 11.5. The van der Waals surface area contributed by atoms with Crippen molar-refractivity contribution in [1.29, 1.82) is 0 Å². The summed E-state index contributed by atoms with van der Waals surface area (Å²) in [6, 6.07) is 7.22. The van der Waals surface area contributed by atoms with Gasteiger partial charge in [-0.15, -0.1) is 0 Å². The maximum absolute atomic E-state index is 8.59. The van der Waals surface area contributed by atoms with Crippen LogP contribution in [0.15, 0.2) is 29.4 Å². The van der Waals surface area contributed by atoms with E-state index in [4.69, 9.17) is 15.7 Å². The maximum Gasteiger partial charge on any atom is 0.170 e. The molecular formula is C15H25N3O2. The molecule has 1 rings (SSSR count). The van der Waals surface area contributed by atoms with Crippen LogP contribution in [0.25, 0.3) is 0 Å². The molecule has 0 spiro atoms. The zero-order valence-corrected chi connectivity index (χ0v) is 12.4. The predicted molar refractivity (Wildman–Crippen MR) is 81.5 cm³/mol. The molecule has 0 fully saturated rings. The molecule has 5 heteroatoms. The quantitative estimate of drug-likeness (QED) is 0.315. The average Bonchev–Trinajstić information content (AvgIpc) is 2.47. The van der Waals surface area contributed by atoms with Crippen LogP contribution >= 0.6 is 0 Å². The highest BCUT2D eigenvalue weighted by molar-refractivity contribution is 5.97. The van der Waals surface area contributed by atoms with Gasteiger partial charge in [0.1, 0.15) is 12.4 Å². The molecule has 112 valence electrons. The van der Waals surface area contributed by atoms with E-state index in [1.807, 2.05) is 12.1 Å². The van der Waals surface area contributed by atoms with Crippen LogP contribution < -0.4 is 10.5 Å². The van der Waals surface area contributed by atoms with Crippen LogP contribution in [-0.4, -0.2) is 42.2 Å². The highest BCUT2D eigenvalue weighted by Gasteiger charge is 2.03. The van der Waals surface area contributed by atoms with Gasteiger partial charge in [-0.1, -0.05) is 19.0 Å². The molecule has 5 nitrogen and oxygen atoms in total. The lowest BCUT2D eigenvalue weighted by molar-refractivity contribution is 0.209. The van der Waals surface area contributed by atoms with E-state index in [9.17, 15) is 0 Å². The Bertz CT molecular complexity index is 398. The molecule has 0 aliphatic carbocycles. The van der Waals surface area contributed by atoms with Crippen LogP contribution in [0.5, 0.6) is 5.75 Å². The highest BCUT2D eigenvalue weighted by atomic mass is 16.5. The lowest BCUT2D eigenvalue weighted by Gasteiger charge is -2.20. The number of nitrogens with two attached hydrogens (primary N) is 1. The number of hydrogen-bond acceptors (Lipinski definition) is 4. The van der Waals surface area contributed by atoms with E-state index >= 15 is 0 Å². The van der Waals surface area contributed by atoms with Crippen molar-refractivity contribution >= 4 is 5.84 Å². The first-order valence-electron chi connectivity index (χ1n) is 7.14. The minimum absolute atomic E-state index is 0.105. The molecule has 0 radical (unpaired) electrons. The minimum Gasteiger partial charge on any atom is -0.492 e. The second-order valence-corrected chi connectivity index (χ2v) is 4.70. The van der Waals surface area contributed by atoms with Gasteiger partial charge in [0.25, 0.3) is 0 Å². The van der Waals surface area contributed by atoms with Gasteiger partial charge < -0.3 is 15.7 Å². The van der Waals surface area contributed by atoms with Crippen LogP contribution in [0.1, 0.15) is 32.3 Å². The molecular weight excluding hydrogens is 254 g/mol. The largest absolute Gasteiger partial charge is 0.492 e. The Morgan fingerprint density at radius 1 is 1.15 bits per heavy atom. The van der Waals surface area contributed by atoms with Crippen LogP contribution in [0.4, 0.5) is 0 Å². The van der Waals surface area contributed by atoms with Crippen molar-refractivity contribution in [2.24, 2.45) is 10.9 Å². The Balaban J connectivity index is 2.41. The van der Waals surface area contributed by atoms with E-state index in [0.717, 1.165) is 38.2 Å². The standard InChI is InChI=1S/C15H25N3O2/c1-3-9-18(10-4-2)11-12-20-14-7-5-13(6-8-14)15(16)17-19/h5-8,19H,3-4,9-12H2,1-2H3,(H2,16,17). The number of ether oxygens (including phenoxy) is 1. The van der Waals surface area contributed by atoms with Crippen molar-refractivity contribution in [1.82, 2.24) is 4.90 Å². The van der Waals surface area contributed by atoms with Gasteiger partial charge >= 0.3 is 0 Å². The van der Waals surface area contributed by atoms with Crippen molar-refractivity contribution < 1.29 is 9.94 Å². The third-order valence-electron chi connectivity index (χ3n) is 3.01. The summed E-state index contributed by atoms with van der Waals surface area (Å²) in [6.07, 6.45) is 2.32. The third-order valence-corrected chi connectivity index (χ3v) is 3.01. The Hall–Kier alpha value is -1.75. The number of benzene rings is 1. The fourth-order valence-corrected chi connectivity index (χ4v) is 2.04. The second kappa shape index (κ2) is 9.20. The number of nitrogens with zero attached hydrogens (tertiary/aromatic N) is 2. The van der Waals surface area contributed by atoms with E-state index in [2.05, 4.69) is 23.9 Å². The predicted octanol–water partition coefficient (Wildman–Crippen LogP) is 2.28. The molecule has 0 atom stereocenters. The molecule has 20 heavy (non-hydrogen) atoms. The smallest absolute Gasteiger partial charge is 0.170 e. The van der Waals surface area contributed by atoms with Crippen LogP contribution in [0.2, 0.25) is 0 Å². The summed E-state index contributed by atoms with van der Waals surface area (Å²) >= 11 is 0. The van der Waals surface area contributed by atoms with E-state index in [-0.39, 0.29) is 5.84 Å². The Morgan fingerprint density at radius 2 is 1.75 bits per heavy atom. The van der Waals surface area contributed by atoms with Crippen molar-refractivity contribution in [3.05, 3.63) is 29.8 Å². The number of oxime groups is 1. The molecule has 0 bridgehead atoms. The SMILES string of the molecule is CCCN(CCC)CCOc1ccc(/C(N)=N/O)cc1. The fourth-order valence-electron chi connectivity index (χ4n) is 2.04. The molecule has 1 aromatic carbocycles. The van der Waals surface area contributed by atoms with Gasteiger partial charge in [0.2, 0.25) is 0 Å². The maximum atomic E-state index is 8.59. The molecule has 0 amide bonds. The van der Waals surface area contributed by atoms with Gasteiger partial charge in [0.15, 0.2) is 5.84 Å². The lowest BCUT2D eigenvalue weighted by Crippen LogP contribution is -2.30. The van der Waals surface area contributed by atoms with E-state index in [0.29, 0.717) is 12.2 Å². The summed E-state index contributed by atoms with van der Waals surface area (Å²) < 4.78 is 5.71. The fraction of sp³-hybridized carbons (Fsp3) is 0.533. The molecule has 0 saturated carbocycles. The monoisotopic (exact) mass is 279 g/mol. The second-order valence-electron chi connectivity index (χ2n) is 4.70. The van der Waals surface area contributed by atoms with Gasteiger partial charge in [-0.2, -0.15) is 0 Å². The lowest BCUT2D eigenvalue weighted by atomic mass is 10.2. The molecule has 3 N–H and O–H groups in total. The van der Waals surface area contributed by atoms with Gasteiger partial charge in [-0.25, -0.2) is 0 Å². The molecule has 0 heterocycles. The summed E-state index contributed by atoms with van der Waals surface area (Å²) in [5.41, 5.74) is 6.18. The average molecular weight is 279 g/mol. The highest BCUT2D eigenvalue weighted by Crippen LogP contribution is 2.12. The molecule has 0 unspecified atom stereocenters. The van der Waals surface area contributed by atoms with Crippen molar-refractivity contribution in [2.75, 3.05) is 26.2 Å². The third kappa shape index (κ3) is 5.48. The van der Waals surface area contributed by atoms with Crippen LogP contribution in [-0.2, 0) is 0 Å². The van der Waals surface area contributed by atoms with Crippen molar-refractivity contribution in [3.63, 3.8) is 0 Å². The van der Waals surface area contributed by atoms with Gasteiger partial charge in [-0.3, -0.25) is 4.90 Å². The summed E-state index contributed by atoms with van der Waals surface area (Å²) in [7, 11) is 0. The normalized spacial score (nSPS) is 11.8. The van der Waals surface area contributed by atoms with Gasteiger partial charge in [0.05, 0.1) is 0 Å². The van der Waals surface area contributed by atoms with Crippen molar-refractivity contribution in [3.8, 4) is 5.75 Å². The Morgan fingerprint density at radius 3 is 2.25 bits per heavy atom. The van der Waals surface area contributed by atoms with Crippen molar-refractivity contribution in [2.45, 2.75) is 26.7 Å². The summed E-state index contributed by atoms with van der Waals surface area (Å²) in [6.45, 7) is 8.20. The van der Waals surface area contributed by atoms with E-state index in [1.54, 1.807) is 12.1 Å². The minimum atomic E-state index is 0.105. The molecule has 0 aliphatic heterocycles. The van der Waals surface area contributed by atoms with E-state index in [1.165, 1.54) is 0 Å². The van der Waals surface area contributed by atoms with Crippen LogP contribution in [0, 0.1) is 0 Å². The molecule has 0 aromatic heterocycles. The number of rotatable bonds is 9. The summed E-state index contributed by atoms with van der Waals surface area (Å²) in [5.74, 6) is 0.904. The number of hydrogen-bond donors (Lipinski definition) is 2. The van der Waals surface area contributed by atoms with Crippen LogP contribution in [0.3, 0.4) is 0 Å². The Labute approximate surface area is 121 Å². The number of amidine groups is 1.